The molecule has 1 saturated carbocycles. The van der Waals surface area contributed by atoms with Gasteiger partial charge in [-0.25, -0.2) is 4.79 Å². The van der Waals surface area contributed by atoms with Crippen LogP contribution < -0.4 is 10.6 Å². The van der Waals surface area contributed by atoms with Gasteiger partial charge in [-0.2, -0.15) is 0 Å². The summed E-state index contributed by atoms with van der Waals surface area (Å²) in [7, 11) is 0. The molecule has 1 heterocycles. The predicted octanol–water partition coefficient (Wildman–Crippen LogP) is 3.86. The van der Waals surface area contributed by atoms with Crippen LogP contribution >= 0.6 is 0 Å². The van der Waals surface area contributed by atoms with E-state index < -0.39 is 6.03 Å². The Labute approximate surface area is 149 Å². The molecule has 130 valence electrons. The molecule has 0 atom stereocenters. The number of hydrogen-bond acceptors (Lipinski definition) is 2. The molecule has 2 N–H and O–H groups in total. The highest BCUT2D eigenvalue weighted by Crippen LogP contribution is 2.31. The fraction of sp³-hybridized carbons (Fsp3) is 0.381. The predicted molar refractivity (Wildman–Crippen MR) is 101 cm³/mol. The van der Waals surface area contributed by atoms with Crippen molar-refractivity contribution in [3.63, 3.8) is 0 Å². The zero-order valence-corrected chi connectivity index (χ0v) is 14.5. The van der Waals surface area contributed by atoms with Gasteiger partial charge in [0, 0.05) is 19.1 Å². The van der Waals surface area contributed by atoms with Crippen LogP contribution in [0.2, 0.25) is 0 Å². The molecule has 2 aromatic carbocycles. The number of primary amides is 1. The van der Waals surface area contributed by atoms with Crippen molar-refractivity contribution in [3.05, 3.63) is 59.7 Å². The normalized spacial score (nSPS) is 18.1. The summed E-state index contributed by atoms with van der Waals surface area (Å²) in [6, 6.07) is 16.3. The molecule has 4 nitrogen and oxygen atoms in total. The molecule has 0 spiro atoms. The van der Waals surface area contributed by atoms with Crippen molar-refractivity contribution in [2.75, 3.05) is 18.0 Å². The molecule has 1 fully saturated rings. The lowest BCUT2D eigenvalue weighted by Crippen LogP contribution is -2.41. The maximum atomic E-state index is 12.1. The van der Waals surface area contributed by atoms with Gasteiger partial charge >= 0.3 is 6.03 Å². The van der Waals surface area contributed by atoms with Crippen LogP contribution in [-0.2, 0) is 12.8 Å². The average Bonchev–Trinajstić information content (AvgIpc) is 2.77. The number of hydrogen-bond donors (Lipinski definition) is 1. The second-order valence-electron chi connectivity index (χ2n) is 7.08. The van der Waals surface area contributed by atoms with Crippen LogP contribution in [0.3, 0.4) is 0 Å². The summed E-state index contributed by atoms with van der Waals surface area (Å²) in [4.78, 5) is 16.3. The minimum atomic E-state index is -0.448. The number of benzene rings is 2. The fourth-order valence-corrected chi connectivity index (χ4v) is 3.97. The Hall–Kier alpha value is -2.33. The summed E-state index contributed by atoms with van der Waals surface area (Å²) >= 11 is 0. The van der Waals surface area contributed by atoms with Gasteiger partial charge in [-0.3, -0.25) is 9.80 Å². The Morgan fingerprint density at radius 1 is 0.960 bits per heavy atom. The number of carbonyl (C=O) groups is 1. The van der Waals surface area contributed by atoms with Crippen molar-refractivity contribution in [3.8, 4) is 0 Å². The molecule has 25 heavy (non-hydrogen) atoms. The van der Waals surface area contributed by atoms with Crippen LogP contribution in [0.1, 0.15) is 30.4 Å². The van der Waals surface area contributed by atoms with Crippen LogP contribution in [0.5, 0.6) is 0 Å². The van der Waals surface area contributed by atoms with Crippen molar-refractivity contribution in [1.82, 2.24) is 4.90 Å². The van der Waals surface area contributed by atoms with Gasteiger partial charge in [0.1, 0.15) is 0 Å². The van der Waals surface area contributed by atoms with Crippen LogP contribution in [-0.4, -0.2) is 30.1 Å². The first-order valence-electron chi connectivity index (χ1n) is 9.23. The molecule has 1 aliphatic carbocycles. The third kappa shape index (κ3) is 3.27. The lowest BCUT2D eigenvalue weighted by atomic mass is 9.91. The van der Waals surface area contributed by atoms with Crippen molar-refractivity contribution in [2.45, 2.75) is 38.1 Å². The summed E-state index contributed by atoms with van der Waals surface area (Å²) < 4.78 is 0. The van der Waals surface area contributed by atoms with Gasteiger partial charge in [0.15, 0.2) is 0 Å². The van der Waals surface area contributed by atoms with Gasteiger partial charge in [-0.15, -0.1) is 0 Å². The van der Waals surface area contributed by atoms with E-state index in [0.29, 0.717) is 0 Å². The molecular formula is C21H25N3O. The van der Waals surface area contributed by atoms with Gasteiger partial charge in [0.25, 0.3) is 0 Å². The molecule has 0 radical (unpaired) electrons. The first-order chi connectivity index (χ1) is 12.2. The third-order valence-corrected chi connectivity index (χ3v) is 5.61. The highest BCUT2D eigenvalue weighted by molar-refractivity contribution is 5.98. The number of anilines is 2. The summed E-state index contributed by atoms with van der Waals surface area (Å²) in [5, 5.41) is 0. The van der Waals surface area contributed by atoms with E-state index in [1.807, 2.05) is 36.4 Å². The number of para-hydroxylation sites is 1. The molecule has 0 unspecified atom stereocenters. The quantitative estimate of drug-likeness (QED) is 0.926. The summed E-state index contributed by atoms with van der Waals surface area (Å²) in [5.74, 6) is 0. The van der Waals surface area contributed by atoms with Crippen molar-refractivity contribution < 1.29 is 4.79 Å². The number of amides is 2. The molecule has 2 aliphatic rings. The van der Waals surface area contributed by atoms with Gasteiger partial charge in [-0.1, -0.05) is 30.7 Å². The van der Waals surface area contributed by atoms with Gasteiger partial charge < -0.3 is 5.73 Å². The van der Waals surface area contributed by atoms with E-state index in [9.17, 15) is 4.79 Å². The number of rotatable bonds is 3. The van der Waals surface area contributed by atoms with E-state index in [1.54, 1.807) is 4.90 Å². The summed E-state index contributed by atoms with van der Waals surface area (Å²) in [6.07, 6.45) is 6.22. The Morgan fingerprint density at radius 3 is 2.32 bits per heavy atom. The van der Waals surface area contributed by atoms with Crippen molar-refractivity contribution in [1.29, 1.82) is 0 Å². The Morgan fingerprint density at radius 2 is 1.68 bits per heavy atom. The maximum absolute atomic E-state index is 12.1. The van der Waals surface area contributed by atoms with E-state index in [1.165, 1.54) is 30.4 Å². The molecule has 0 saturated heterocycles. The third-order valence-electron chi connectivity index (χ3n) is 5.61. The number of nitrogens with zero attached hydrogens (tertiary/aromatic N) is 2. The molecule has 1 aliphatic heterocycles. The molecule has 4 rings (SSSR count). The summed E-state index contributed by atoms with van der Waals surface area (Å²) in [6.45, 7) is 2.26. The number of carbonyl (C=O) groups excluding carboxylic acids is 1. The fourth-order valence-electron chi connectivity index (χ4n) is 3.97. The number of urea groups is 1. The van der Waals surface area contributed by atoms with Gasteiger partial charge in [-0.05, 0) is 61.1 Å². The van der Waals surface area contributed by atoms with Gasteiger partial charge in [0.2, 0.25) is 0 Å². The Kier molecular flexibility index (Phi) is 4.45. The maximum Gasteiger partial charge on any atom is 0.323 e. The van der Waals surface area contributed by atoms with Crippen molar-refractivity contribution in [2.24, 2.45) is 5.73 Å². The van der Waals surface area contributed by atoms with E-state index in [2.05, 4.69) is 17.0 Å². The largest absolute Gasteiger partial charge is 0.351 e. The monoisotopic (exact) mass is 335 g/mol. The lowest BCUT2D eigenvalue weighted by Gasteiger charge is -2.36. The standard InChI is InChI=1S/C21H25N3O/c22-21(25)24(19-5-2-1-3-6-19)20-10-9-16-11-13-23(18-7-4-8-18)14-12-17(16)15-20/h1-3,5-6,9-10,15,18H,4,7-8,11-14H2,(H2,22,25). The van der Waals surface area contributed by atoms with Crippen molar-refractivity contribution >= 4 is 17.4 Å². The average molecular weight is 335 g/mol. The molecule has 4 heteroatoms. The molecular weight excluding hydrogens is 310 g/mol. The zero-order chi connectivity index (χ0) is 17.2. The first-order valence-corrected chi connectivity index (χ1v) is 9.23. The minimum Gasteiger partial charge on any atom is -0.351 e. The Bertz CT molecular complexity index is 755. The topological polar surface area (TPSA) is 49.6 Å². The number of fused-ring (bicyclic) bond motifs is 1. The minimum absolute atomic E-state index is 0.448. The van der Waals surface area contributed by atoms with Crippen LogP contribution in [0.15, 0.2) is 48.5 Å². The molecule has 2 amide bonds. The zero-order valence-electron chi connectivity index (χ0n) is 14.5. The van der Waals surface area contributed by atoms with E-state index in [-0.39, 0.29) is 0 Å². The molecule has 0 bridgehead atoms. The Balaban J connectivity index is 1.60. The summed E-state index contributed by atoms with van der Waals surface area (Å²) in [5.41, 5.74) is 10.1. The van der Waals surface area contributed by atoms with Gasteiger partial charge in [0.05, 0.1) is 11.4 Å². The van der Waals surface area contributed by atoms with Crippen LogP contribution in [0, 0.1) is 0 Å². The highest BCUT2D eigenvalue weighted by atomic mass is 16.2. The second kappa shape index (κ2) is 6.89. The van der Waals surface area contributed by atoms with E-state index in [4.69, 9.17) is 5.73 Å². The van der Waals surface area contributed by atoms with Crippen LogP contribution in [0.25, 0.3) is 0 Å². The van der Waals surface area contributed by atoms with Crippen LogP contribution in [0.4, 0.5) is 16.2 Å². The smallest absolute Gasteiger partial charge is 0.323 e. The SMILES string of the molecule is NC(=O)N(c1ccccc1)c1ccc2c(c1)CCN(C1CCC1)CC2. The number of nitrogens with two attached hydrogens (primary N) is 1. The van der Waals surface area contributed by atoms with E-state index >= 15 is 0 Å². The first kappa shape index (κ1) is 16.2. The molecule has 0 aromatic heterocycles. The highest BCUT2D eigenvalue weighted by Gasteiger charge is 2.26. The molecule has 2 aromatic rings. The second-order valence-corrected chi connectivity index (χ2v) is 7.08. The lowest BCUT2D eigenvalue weighted by molar-refractivity contribution is 0.133. The van der Waals surface area contributed by atoms with E-state index in [0.717, 1.165) is 43.3 Å².